The highest BCUT2D eigenvalue weighted by Gasteiger charge is 2.30. The summed E-state index contributed by atoms with van der Waals surface area (Å²) in [5, 5.41) is 7.64. The van der Waals surface area contributed by atoms with Crippen LogP contribution in [0.25, 0.3) is 33.3 Å². The zero-order valence-electron chi connectivity index (χ0n) is 17.4. The minimum Gasteiger partial charge on any atom is -0.486 e. The molecule has 162 valence electrons. The van der Waals surface area contributed by atoms with E-state index in [0.717, 1.165) is 34.9 Å². The molecule has 2 fully saturated rings. The maximum atomic E-state index is 12.2. The molecule has 6 rings (SSSR count). The van der Waals surface area contributed by atoms with Gasteiger partial charge < -0.3 is 24.5 Å². The molecule has 1 aromatic carbocycles. The van der Waals surface area contributed by atoms with Crippen LogP contribution in [0.3, 0.4) is 0 Å². The van der Waals surface area contributed by atoms with E-state index >= 15 is 0 Å². The summed E-state index contributed by atoms with van der Waals surface area (Å²) >= 11 is 0. The van der Waals surface area contributed by atoms with Gasteiger partial charge in [-0.3, -0.25) is 4.79 Å². The first-order valence-electron chi connectivity index (χ1n) is 10.6. The summed E-state index contributed by atoms with van der Waals surface area (Å²) in [6.07, 6.45) is 5.36. The van der Waals surface area contributed by atoms with Crippen LogP contribution in [0.5, 0.6) is 5.75 Å². The van der Waals surface area contributed by atoms with Crippen LogP contribution in [0.2, 0.25) is 0 Å². The summed E-state index contributed by atoms with van der Waals surface area (Å²) in [5.41, 5.74) is 2.06. The Labute approximate surface area is 183 Å². The quantitative estimate of drug-likeness (QED) is 0.476. The molecular weight excluding hydrogens is 410 g/mol. The molecule has 9 nitrogen and oxygen atoms in total. The van der Waals surface area contributed by atoms with Gasteiger partial charge in [0.2, 0.25) is 11.8 Å². The average Bonchev–Trinajstić information content (AvgIpc) is 3.55. The molecule has 1 aliphatic carbocycles. The molecule has 1 saturated carbocycles. The lowest BCUT2D eigenvalue weighted by Gasteiger charge is -2.26. The van der Waals surface area contributed by atoms with E-state index in [1.54, 1.807) is 19.4 Å². The van der Waals surface area contributed by atoms with Crippen molar-refractivity contribution in [3.05, 3.63) is 36.7 Å². The van der Waals surface area contributed by atoms with Crippen molar-refractivity contribution in [2.24, 2.45) is 5.92 Å². The molecule has 0 spiro atoms. The Morgan fingerprint density at radius 3 is 2.75 bits per heavy atom. The Kier molecular flexibility index (Phi) is 4.43. The zero-order valence-corrected chi connectivity index (χ0v) is 17.4. The number of carbonyl (C=O) groups is 1. The lowest BCUT2D eigenvalue weighted by Crippen LogP contribution is -2.38. The Hall–Kier alpha value is -3.72. The van der Waals surface area contributed by atoms with Gasteiger partial charge in [0.25, 0.3) is 0 Å². The van der Waals surface area contributed by atoms with Crippen molar-refractivity contribution < 1.29 is 18.7 Å². The molecule has 0 radical (unpaired) electrons. The van der Waals surface area contributed by atoms with Crippen LogP contribution >= 0.6 is 0 Å². The van der Waals surface area contributed by atoms with Gasteiger partial charge in [0.15, 0.2) is 5.58 Å². The second-order valence-corrected chi connectivity index (χ2v) is 8.07. The van der Waals surface area contributed by atoms with Crippen LogP contribution in [0.4, 0.5) is 11.6 Å². The van der Waals surface area contributed by atoms with Crippen molar-refractivity contribution >= 4 is 39.4 Å². The summed E-state index contributed by atoms with van der Waals surface area (Å²) in [6.45, 7) is 1.20. The number of ether oxygens (including phenoxy) is 2. The summed E-state index contributed by atoms with van der Waals surface area (Å²) in [5.74, 6) is 2.46. The summed E-state index contributed by atoms with van der Waals surface area (Å²) in [4.78, 5) is 25.8. The van der Waals surface area contributed by atoms with Gasteiger partial charge >= 0.3 is 0 Å². The monoisotopic (exact) mass is 431 g/mol. The average molecular weight is 431 g/mol. The van der Waals surface area contributed by atoms with Gasteiger partial charge in [-0.25, -0.2) is 15.0 Å². The van der Waals surface area contributed by atoms with Gasteiger partial charge in [-0.15, -0.1) is 0 Å². The smallest absolute Gasteiger partial charge is 0.229 e. The van der Waals surface area contributed by atoms with Gasteiger partial charge in [0.05, 0.1) is 18.8 Å². The second kappa shape index (κ2) is 7.45. The van der Waals surface area contributed by atoms with Crippen LogP contribution in [0.15, 0.2) is 41.1 Å². The number of rotatable bonds is 6. The minimum atomic E-state index is 0.00699. The van der Waals surface area contributed by atoms with Crippen molar-refractivity contribution in [3.8, 4) is 17.2 Å². The topological polar surface area (TPSA) is 111 Å². The van der Waals surface area contributed by atoms with Gasteiger partial charge in [0, 0.05) is 42.2 Å². The molecule has 0 atom stereocenters. The number of pyridine rings is 2. The summed E-state index contributed by atoms with van der Waals surface area (Å²) in [6, 6.07) is 7.42. The number of benzene rings is 1. The number of amides is 1. The number of oxazole rings is 1. The Morgan fingerprint density at radius 2 is 2.00 bits per heavy atom. The summed E-state index contributed by atoms with van der Waals surface area (Å²) in [7, 11) is 1.80. The number of carbonyl (C=O) groups excluding carboxylic acids is 1. The van der Waals surface area contributed by atoms with E-state index in [-0.39, 0.29) is 17.9 Å². The number of aromatic nitrogens is 3. The summed E-state index contributed by atoms with van der Waals surface area (Å²) < 4.78 is 17.1. The normalized spacial score (nSPS) is 16.2. The molecule has 4 aromatic rings. The van der Waals surface area contributed by atoms with E-state index < -0.39 is 0 Å². The van der Waals surface area contributed by atoms with Crippen molar-refractivity contribution in [2.75, 3.05) is 30.9 Å². The molecular formula is C23H21N5O4. The molecule has 1 amide bonds. The highest BCUT2D eigenvalue weighted by Crippen LogP contribution is 2.35. The third-order valence-electron chi connectivity index (χ3n) is 5.71. The first-order chi connectivity index (χ1) is 15.7. The molecule has 32 heavy (non-hydrogen) atoms. The van der Waals surface area contributed by atoms with Crippen molar-refractivity contribution in [1.29, 1.82) is 0 Å². The fourth-order valence-corrected chi connectivity index (χ4v) is 3.72. The molecule has 9 heteroatoms. The van der Waals surface area contributed by atoms with Gasteiger partial charge in [-0.2, -0.15) is 0 Å². The van der Waals surface area contributed by atoms with Crippen LogP contribution in [0.1, 0.15) is 12.8 Å². The van der Waals surface area contributed by atoms with Gasteiger partial charge in [-0.1, -0.05) is 0 Å². The third-order valence-corrected chi connectivity index (χ3v) is 5.71. The predicted octanol–water partition coefficient (Wildman–Crippen LogP) is 3.61. The first-order valence-corrected chi connectivity index (χ1v) is 10.6. The molecule has 4 heterocycles. The number of anilines is 2. The van der Waals surface area contributed by atoms with Crippen molar-refractivity contribution in [3.63, 3.8) is 0 Å². The molecule has 1 aliphatic heterocycles. The molecule has 1 saturated heterocycles. The van der Waals surface area contributed by atoms with Crippen LogP contribution in [-0.2, 0) is 9.53 Å². The molecule has 0 bridgehead atoms. The first kappa shape index (κ1) is 19.0. The van der Waals surface area contributed by atoms with E-state index in [1.165, 1.54) is 0 Å². The van der Waals surface area contributed by atoms with Crippen LogP contribution in [0, 0.1) is 5.92 Å². The molecule has 2 N–H and O–H groups in total. The fraction of sp³-hybridized carbons (Fsp3) is 0.304. The molecule has 2 aliphatic rings. The Balaban J connectivity index is 1.41. The number of fused-ring (bicyclic) bond motifs is 2. The van der Waals surface area contributed by atoms with Crippen LogP contribution in [-0.4, -0.2) is 47.2 Å². The lowest BCUT2D eigenvalue weighted by molar-refractivity contribution is -0.117. The van der Waals surface area contributed by atoms with Crippen LogP contribution < -0.4 is 15.4 Å². The predicted molar refractivity (Wildman–Crippen MR) is 119 cm³/mol. The fourth-order valence-electron chi connectivity index (χ4n) is 3.72. The minimum absolute atomic E-state index is 0.00699. The van der Waals surface area contributed by atoms with E-state index in [4.69, 9.17) is 13.9 Å². The Bertz CT molecular complexity index is 1340. The van der Waals surface area contributed by atoms with E-state index in [9.17, 15) is 4.79 Å². The lowest BCUT2D eigenvalue weighted by atomic mass is 10.1. The largest absolute Gasteiger partial charge is 0.486 e. The molecule has 3 aromatic heterocycles. The third kappa shape index (κ3) is 3.40. The van der Waals surface area contributed by atoms with E-state index in [1.807, 2.05) is 24.3 Å². The number of hydrogen-bond donors (Lipinski definition) is 2. The van der Waals surface area contributed by atoms with Crippen molar-refractivity contribution in [1.82, 2.24) is 15.0 Å². The van der Waals surface area contributed by atoms with Gasteiger partial charge in [-0.05, 0) is 31.0 Å². The molecule has 0 unspecified atom stereocenters. The van der Waals surface area contributed by atoms with E-state index in [0.29, 0.717) is 41.8 Å². The highest BCUT2D eigenvalue weighted by atomic mass is 16.6. The van der Waals surface area contributed by atoms with E-state index in [2.05, 4.69) is 25.6 Å². The zero-order chi connectivity index (χ0) is 21.7. The number of nitrogens with one attached hydrogen (secondary N) is 2. The standard InChI is InChI=1S/C23H21N5O4/c1-24-21-16-8-25-20(28-22(29)12-2-3-12)7-15(16)17(9-26-21)23-27-18-6-13(4-5-19(18)32-23)31-14-10-30-11-14/h4-9,12,14H,2-3,10-11H2,1H3,(H,24,26)(H,25,28,29). The number of nitrogens with zero attached hydrogens (tertiary/aromatic N) is 3. The highest BCUT2D eigenvalue weighted by molar-refractivity contribution is 6.03. The van der Waals surface area contributed by atoms with Gasteiger partial charge in [0.1, 0.15) is 29.0 Å². The second-order valence-electron chi connectivity index (χ2n) is 8.07. The van der Waals surface area contributed by atoms with Crippen molar-refractivity contribution in [2.45, 2.75) is 18.9 Å². The SMILES string of the molecule is CNc1ncc(-c2nc3cc(OC4COC4)ccc3o2)c2cc(NC(=O)C3CC3)ncc12. The maximum absolute atomic E-state index is 12.2. The maximum Gasteiger partial charge on any atom is 0.229 e. The Morgan fingerprint density at radius 1 is 1.12 bits per heavy atom. The number of hydrogen-bond acceptors (Lipinski definition) is 8.